The maximum atomic E-state index is 12.7. The molecule has 0 aliphatic carbocycles. The fraction of sp³-hybridized carbons (Fsp3) is 0.111. The second-order valence-electron chi connectivity index (χ2n) is 5.60. The molecule has 1 aromatic heterocycles. The van der Waals surface area contributed by atoms with E-state index in [-0.39, 0.29) is 5.69 Å². The molecule has 0 saturated carbocycles. The van der Waals surface area contributed by atoms with E-state index in [1.807, 2.05) is 31.2 Å². The molecule has 126 valence electrons. The van der Waals surface area contributed by atoms with Gasteiger partial charge in [0.2, 0.25) is 0 Å². The number of amides is 1. The van der Waals surface area contributed by atoms with E-state index in [4.69, 9.17) is 4.52 Å². The van der Waals surface area contributed by atoms with Gasteiger partial charge in [-0.15, -0.1) is 0 Å². The molecule has 0 saturated heterocycles. The van der Waals surface area contributed by atoms with Crippen LogP contribution in [-0.2, 0) is 0 Å². The van der Waals surface area contributed by atoms with Gasteiger partial charge in [-0.3, -0.25) is 14.9 Å². The highest BCUT2D eigenvalue weighted by Gasteiger charge is 2.22. The third-order valence-corrected chi connectivity index (χ3v) is 3.72. The van der Waals surface area contributed by atoms with Crippen LogP contribution in [0.3, 0.4) is 0 Å². The minimum absolute atomic E-state index is 0.0985. The number of nitrogens with one attached hydrogen (secondary N) is 1. The van der Waals surface area contributed by atoms with E-state index in [1.165, 1.54) is 18.2 Å². The summed E-state index contributed by atoms with van der Waals surface area (Å²) in [5.41, 5.74) is 2.79. The van der Waals surface area contributed by atoms with Crippen LogP contribution >= 0.6 is 0 Å². The molecule has 0 spiro atoms. The molecule has 3 aromatic rings. The number of benzene rings is 2. The first-order valence-corrected chi connectivity index (χ1v) is 7.55. The highest BCUT2D eigenvalue weighted by molar-refractivity contribution is 6.08. The summed E-state index contributed by atoms with van der Waals surface area (Å²) in [5, 5.41) is 17.4. The van der Waals surface area contributed by atoms with Crippen LogP contribution in [0.5, 0.6) is 0 Å². The summed E-state index contributed by atoms with van der Waals surface area (Å²) in [7, 11) is 0. The molecule has 0 radical (unpaired) electrons. The smallest absolute Gasteiger partial charge is 0.271 e. The lowest BCUT2D eigenvalue weighted by molar-refractivity contribution is -0.384. The lowest BCUT2D eigenvalue weighted by Gasteiger charge is -2.06. The van der Waals surface area contributed by atoms with Crippen LogP contribution in [0.2, 0.25) is 0 Å². The Kier molecular flexibility index (Phi) is 4.30. The first kappa shape index (κ1) is 16.4. The van der Waals surface area contributed by atoms with Gasteiger partial charge in [0, 0.05) is 23.4 Å². The minimum atomic E-state index is -0.516. The number of rotatable bonds is 4. The second-order valence-corrected chi connectivity index (χ2v) is 5.60. The normalized spacial score (nSPS) is 10.5. The quantitative estimate of drug-likeness (QED) is 0.570. The van der Waals surface area contributed by atoms with E-state index in [0.717, 1.165) is 11.1 Å². The van der Waals surface area contributed by atoms with Gasteiger partial charge in [0.05, 0.1) is 10.6 Å². The highest BCUT2D eigenvalue weighted by Crippen LogP contribution is 2.27. The molecule has 0 unspecified atom stereocenters. The van der Waals surface area contributed by atoms with Gasteiger partial charge in [-0.1, -0.05) is 41.1 Å². The zero-order chi connectivity index (χ0) is 18.0. The van der Waals surface area contributed by atoms with Crippen LogP contribution in [0.1, 0.15) is 21.6 Å². The Morgan fingerprint density at radius 2 is 1.88 bits per heavy atom. The van der Waals surface area contributed by atoms with Crippen LogP contribution in [0.25, 0.3) is 11.3 Å². The maximum absolute atomic E-state index is 12.7. The summed E-state index contributed by atoms with van der Waals surface area (Å²) in [6.45, 7) is 3.63. The Hall–Kier alpha value is -3.48. The number of carbonyl (C=O) groups is 1. The number of aromatic nitrogens is 1. The molecule has 0 atom stereocenters. The van der Waals surface area contributed by atoms with Crippen LogP contribution in [0.4, 0.5) is 11.4 Å². The lowest BCUT2D eigenvalue weighted by atomic mass is 10.0. The molecule has 2 aromatic carbocycles. The summed E-state index contributed by atoms with van der Waals surface area (Å²) in [6.07, 6.45) is 0. The predicted molar refractivity (Wildman–Crippen MR) is 92.5 cm³/mol. The topological polar surface area (TPSA) is 98.3 Å². The van der Waals surface area contributed by atoms with Crippen molar-refractivity contribution in [3.8, 4) is 11.3 Å². The molecule has 0 aliphatic rings. The Morgan fingerprint density at radius 1 is 1.16 bits per heavy atom. The van der Waals surface area contributed by atoms with Crippen LogP contribution in [0, 0.1) is 24.0 Å². The van der Waals surface area contributed by atoms with Crippen molar-refractivity contribution in [1.82, 2.24) is 5.16 Å². The summed E-state index contributed by atoms with van der Waals surface area (Å²) in [4.78, 5) is 23.0. The highest BCUT2D eigenvalue weighted by atomic mass is 16.6. The van der Waals surface area contributed by atoms with Gasteiger partial charge in [0.25, 0.3) is 11.6 Å². The number of anilines is 1. The molecule has 25 heavy (non-hydrogen) atoms. The maximum Gasteiger partial charge on any atom is 0.271 e. The third kappa shape index (κ3) is 3.40. The van der Waals surface area contributed by atoms with Crippen LogP contribution in [-0.4, -0.2) is 16.0 Å². The van der Waals surface area contributed by atoms with Crippen molar-refractivity contribution in [2.24, 2.45) is 0 Å². The van der Waals surface area contributed by atoms with Crippen molar-refractivity contribution >= 4 is 17.3 Å². The third-order valence-electron chi connectivity index (χ3n) is 3.72. The SMILES string of the molecule is Cc1ccc(-c2onc(C)c2C(=O)Nc2cccc([N+](=O)[O-])c2)cc1. The Balaban J connectivity index is 1.93. The zero-order valence-electron chi connectivity index (χ0n) is 13.6. The minimum Gasteiger partial charge on any atom is -0.355 e. The second kappa shape index (κ2) is 6.56. The van der Waals surface area contributed by atoms with E-state index in [9.17, 15) is 14.9 Å². The number of carbonyl (C=O) groups excluding carboxylic acids is 1. The number of aryl methyl sites for hydroxylation is 2. The molecular weight excluding hydrogens is 322 g/mol. The van der Waals surface area contributed by atoms with Crippen molar-refractivity contribution in [3.63, 3.8) is 0 Å². The first-order valence-electron chi connectivity index (χ1n) is 7.55. The molecule has 0 aliphatic heterocycles. The van der Waals surface area contributed by atoms with Crippen molar-refractivity contribution in [3.05, 3.63) is 75.5 Å². The van der Waals surface area contributed by atoms with Gasteiger partial charge >= 0.3 is 0 Å². The van der Waals surface area contributed by atoms with E-state index in [2.05, 4.69) is 10.5 Å². The van der Waals surface area contributed by atoms with Crippen molar-refractivity contribution in [1.29, 1.82) is 0 Å². The van der Waals surface area contributed by atoms with Gasteiger partial charge in [0.1, 0.15) is 5.56 Å². The average molecular weight is 337 g/mol. The Labute approximate surface area is 143 Å². The summed E-state index contributed by atoms with van der Waals surface area (Å²) in [5.74, 6) is -0.0738. The van der Waals surface area contributed by atoms with E-state index >= 15 is 0 Å². The number of nitro groups is 1. The average Bonchev–Trinajstić information content (AvgIpc) is 2.97. The lowest BCUT2D eigenvalue weighted by Crippen LogP contribution is -2.13. The molecular formula is C18H15N3O4. The van der Waals surface area contributed by atoms with E-state index < -0.39 is 10.8 Å². The van der Waals surface area contributed by atoms with Crippen molar-refractivity contribution < 1.29 is 14.2 Å². The number of nitro benzene ring substituents is 1. The summed E-state index contributed by atoms with van der Waals surface area (Å²) in [6, 6.07) is 13.3. The predicted octanol–water partition coefficient (Wildman–Crippen LogP) is 4.12. The van der Waals surface area contributed by atoms with Gasteiger partial charge in [0.15, 0.2) is 5.76 Å². The standard InChI is InChI=1S/C18H15N3O4/c1-11-6-8-13(9-7-11)17-16(12(2)20-25-17)18(22)19-14-4-3-5-15(10-14)21(23)24/h3-10H,1-2H3,(H,19,22). The Morgan fingerprint density at radius 3 is 2.56 bits per heavy atom. The van der Waals surface area contributed by atoms with Gasteiger partial charge in [-0.05, 0) is 19.9 Å². The molecule has 7 heteroatoms. The molecule has 1 N–H and O–H groups in total. The van der Waals surface area contributed by atoms with Crippen LogP contribution < -0.4 is 5.32 Å². The van der Waals surface area contributed by atoms with E-state index in [1.54, 1.807) is 13.0 Å². The molecule has 1 heterocycles. The van der Waals surface area contributed by atoms with Gasteiger partial charge < -0.3 is 9.84 Å². The monoisotopic (exact) mass is 337 g/mol. The summed E-state index contributed by atoms with van der Waals surface area (Å²) >= 11 is 0. The molecule has 1 amide bonds. The largest absolute Gasteiger partial charge is 0.355 e. The summed E-state index contributed by atoms with van der Waals surface area (Å²) < 4.78 is 5.32. The van der Waals surface area contributed by atoms with Crippen molar-refractivity contribution in [2.45, 2.75) is 13.8 Å². The first-order chi connectivity index (χ1) is 12.0. The fourth-order valence-corrected chi connectivity index (χ4v) is 2.43. The van der Waals surface area contributed by atoms with Crippen LogP contribution in [0.15, 0.2) is 53.1 Å². The van der Waals surface area contributed by atoms with Gasteiger partial charge in [-0.25, -0.2) is 0 Å². The fourth-order valence-electron chi connectivity index (χ4n) is 2.43. The molecule has 0 bridgehead atoms. The Bertz CT molecular complexity index is 945. The number of hydrogen-bond acceptors (Lipinski definition) is 5. The molecule has 0 fully saturated rings. The number of hydrogen-bond donors (Lipinski definition) is 1. The number of non-ortho nitro benzene ring substituents is 1. The van der Waals surface area contributed by atoms with Gasteiger partial charge in [-0.2, -0.15) is 0 Å². The van der Waals surface area contributed by atoms with Crippen molar-refractivity contribution in [2.75, 3.05) is 5.32 Å². The van der Waals surface area contributed by atoms with E-state index in [0.29, 0.717) is 22.7 Å². The zero-order valence-corrected chi connectivity index (χ0v) is 13.6. The molecule has 3 rings (SSSR count). The molecule has 7 nitrogen and oxygen atoms in total. The number of nitrogens with zero attached hydrogens (tertiary/aromatic N) is 2.